The molecule has 2 aliphatic rings. The normalized spacial score (nSPS) is 13.7. The second-order valence-corrected chi connectivity index (χ2v) is 21.5. The number of halogens is 2. The molecule has 0 N–H and O–H groups in total. The van der Waals surface area contributed by atoms with Crippen molar-refractivity contribution in [1.29, 1.82) is 0 Å². The van der Waals surface area contributed by atoms with Crippen LogP contribution in [0.1, 0.15) is 90.5 Å². The molecular formula is C43H42Cl2SZr. The second-order valence-electron chi connectivity index (χ2n) is 14.6. The summed E-state index contributed by atoms with van der Waals surface area (Å²) in [6, 6.07) is 39.9. The van der Waals surface area contributed by atoms with E-state index in [1.54, 1.807) is 17.8 Å². The van der Waals surface area contributed by atoms with Crippen molar-refractivity contribution in [3.05, 3.63) is 168 Å². The third-order valence-corrected chi connectivity index (χ3v) is 18.7. The van der Waals surface area contributed by atoms with Gasteiger partial charge in [-0.2, -0.15) is 0 Å². The van der Waals surface area contributed by atoms with Crippen molar-refractivity contribution in [3.63, 3.8) is 0 Å². The summed E-state index contributed by atoms with van der Waals surface area (Å²) in [5.74, 6) is 0. The fourth-order valence-electron chi connectivity index (χ4n) is 7.10. The first-order valence-corrected chi connectivity index (χ1v) is 21.0. The van der Waals surface area contributed by atoms with Crippen molar-refractivity contribution in [2.24, 2.45) is 0 Å². The van der Waals surface area contributed by atoms with Gasteiger partial charge in [-0.05, 0) is 0 Å². The monoisotopic (exact) mass is 750 g/mol. The van der Waals surface area contributed by atoms with Crippen LogP contribution >= 0.6 is 11.3 Å². The zero-order valence-electron chi connectivity index (χ0n) is 28.1. The molecule has 0 bridgehead atoms. The maximum Gasteiger partial charge on any atom is -1.00 e. The largest absolute Gasteiger partial charge is 1.00 e. The van der Waals surface area contributed by atoms with Crippen molar-refractivity contribution in [1.82, 2.24) is 0 Å². The van der Waals surface area contributed by atoms with Crippen LogP contribution in [-0.4, -0.2) is 3.21 Å². The minimum Gasteiger partial charge on any atom is -1.00 e. The van der Waals surface area contributed by atoms with Gasteiger partial charge in [0.15, 0.2) is 0 Å². The summed E-state index contributed by atoms with van der Waals surface area (Å²) in [5.41, 5.74) is 14.6. The molecule has 0 spiro atoms. The fraction of sp³-hybridized carbons (Fsp3) is 0.233. The minimum absolute atomic E-state index is 0. The van der Waals surface area contributed by atoms with Crippen LogP contribution in [0.5, 0.6) is 0 Å². The van der Waals surface area contributed by atoms with E-state index in [0.717, 1.165) is 6.42 Å². The molecule has 0 amide bonds. The zero-order chi connectivity index (χ0) is 31.3. The molecule has 4 aromatic carbocycles. The van der Waals surface area contributed by atoms with Crippen molar-refractivity contribution >= 4 is 20.1 Å². The van der Waals surface area contributed by atoms with Crippen LogP contribution in [0.4, 0.5) is 0 Å². The summed E-state index contributed by atoms with van der Waals surface area (Å²) in [7, 11) is 0. The predicted octanol–water partition coefficient (Wildman–Crippen LogP) is 5.68. The molecule has 5 aromatic rings. The Morgan fingerprint density at radius 3 is 1.62 bits per heavy atom. The molecule has 47 heavy (non-hydrogen) atoms. The summed E-state index contributed by atoms with van der Waals surface area (Å²) in [6.45, 7) is 14.0. The summed E-state index contributed by atoms with van der Waals surface area (Å²) < 4.78 is 3.70. The van der Waals surface area contributed by atoms with Crippen LogP contribution in [0.3, 0.4) is 0 Å². The van der Waals surface area contributed by atoms with E-state index in [-0.39, 0.29) is 35.6 Å². The molecule has 4 heteroatoms. The zero-order valence-corrected chi connectivity index (χ0v) is 32.9. The molecule has 0 nitrogen and oxygen atoms in total. The van der Waals surface area contributed by atoms with Gasteiger partial charge in [0.25, 0.3) is 0 Å². The average Bonchev–Trinajstić information content (AvgIpc) is 3.79. The van der Waals surface area contributed by atoms with Crippen LogP contribution in [0.15, 0.2) is 129 Å². The number of thiophene rings is 1. The minimum atomic E-state index is -2.84. The molecule has 238 valence electrons. The number of hydrogen-bond acceptors (Lipinski definition) is 1. The van der Waals surface area contributed by atoms with Gasteiger partial charge in [0.1, 0.15) is 0 Å². The third kappa shape index (κ3) is 6.82. The Kier molecular flexibility index (Phi) is 10.7. The Morgan fingerprint density at radius 2 is 1.17 bits per heavy atom. The van der Waals surface area contributed by atoms with Gasteiger partial charge in [-0.1, -0.05) is 0 Å². The Hall–Kier alpha value is -2.61. The first-order chi connectivity index (χ1) is 21.6. The molecule has 0 atom stereocenters. The first-order valence-electron chi connectivity index (χ1n) is 16.2. The van der Waals surface area contributed by atoms with Crippen molar-refractivity contribution < 1.29 is 46.1 Å². The van der Waals surface area contributed by atoms with E-state index in [9.17, 15) is 0 Å². The van der Waals surface area contributed by atoms with Gasteiger partial charge >= 0.3 is 283 Å². The van der Waals surface area contributed by atoms with Gasteiger partial charge < -0.3 is 24.8 Å². The van der Waals surface area contributed by atoms with E-state index in [4.69, 9.17) is 0 Å². The van der Waals surface area contributed by atoms with Crippen LogP contribution in [0.25, 0.3) is 16.7 Å². The van der Waals surface area contributed by atoms with E-state index in [1.807, 2.05) is 0 Å². The molecule has 7 rings (SSSR count). The smallest absolute Gasteiger partial charge is 1.00 e. The Balaban J connectivity index is 0.00000217. The standard InChI is InChI=1S/C21H25.C13H10.C9H7S.2ClH.Zr/c1-20(2,3)16-9-7-14-11-15-8-10-17(21(4,5)6)13-19(15)18(14)12-16;1-3-7-12(8-4-1)11-13-9-5-2-6-10-13;1-2-4-8(3-1)9-5-6-10-7-9;;;/h7-13H,1-6H3;1-10H;1,3,5-7H,2H2;2*1H;/q;;;;;+2/p-2. The number of benzene rings is 4. The average molecular weight is 753 g/mol. The number of rotatable bonds is 5. The molecule has 0 saturated carbocycles. The second kappa shape index (κ2) is 14.1. The van der Waals surface area contributed by atoms with Gasteiger partial charge in [-0.25, -0.2) is 0 Å². The van der Waals surface area contributed by atoms with E-state index < -0.39 is 21.3 Å². The van der Waals surface area contributed by atoms with Crippen LogP contribution < -0.4 is 24.8 Å². The molecule has 0 radical (unpaired) electrons. The summed E-state index contributed by atoms with van der Waals surface area (Å²) in [4.78, 5) is 0. The summed E-state index contributed by atoms with van der Waals surface area (Å²) in [6.07, 6.45) is 5.90. The fourth-order valence-corrected chi connectivity index (χ4v) is 17.3. The van der Waals surface area contributed by atoms with Crippen molar-refractivity contribution in [2.75, 3.05) is 0 Å². The molecule has 0 unspecified atom stereocenters. The van der Waals surface area contributed by atoms with Gasteiger partial charge in [0.2, 0.25) is 0 Å². The topological polar surface area (TPSA) is 0 Å². The van der Waals surface area contributed by atoms with Gasteiger partial charge in [-0.3, -0.25) is 0 Å². The molecule has 1 aromatic heterocycles. The molecule has 0 aliphatic heterocycles. The summed E-state index contributed by atoms with van der Waals surface area (Å²) >= 11 is -1.03. The maximum absolute atomic E-state index is 2.84. The van der Waals surface area contributed by atoms with Crippen LogP contribution in [0, 0.1) is 0 Å². The molecule has 0 fully saturated rings. The quantitative estimate of drug-likeness (QED) is 0.217. The number of hydrogen-bond donors (Lipinski definition) is 0. The third-order valence-electron chi connectivity index (χ3n) is 9.52. The van der Waals surface area contributed by atoms with Gasteiger partial charge in [0, 0.05) is 0 Å². The first kappa shape index (κ1) is 35.7. The summed E-state index contributed by atoms with van der Waals surface area (Å²) in [5, 5.41) is 4.58. The predicted molar refractivity (Wildman–Crippen MR) is 192 cm³/mol. The van der Waals surface area contributed by atoms with Gasteiger partial charge in [-0.15, -0.1) is 0 Å². The van der Waals surface area contributed by atoms with E-state index in [1.165, 1.54) is 55.6 Å². The molecule has 1 heterocycles. The van der Waals surface area contributed by atoms with E-state index >= 15 is 0 Å². The number of allylic oxidation sites excluding steroid dienone is 4. The maximum atomic E-state index is 2.53. The Morgan fingerprint density at radius 1 is 0.660 bits per heavy atom. The number of fused-ring (bicyclic) bond motifs is 3. The van der Waals surface area contributed by atoms with Gasteiger partial charge in [0.05, 0.1) is 0 Å². The Labute approximate surface area is 305 Å². The molecule has 0 saturated heterocycles. The van der Waals surface area contributed by atoms with E-state index in [0.29, 0.717) is 3.63 Å². The van der Waals surface area contributed by atoms with Crippen LogP contribution in [-0.2, 0) is 32.1 Å². The molecule has 2 aliphatic carbocycles. The van der Waals surface area contributed by atoms with Crippen molar-refractivity contribution in [3.8, 4) is 11.1 Å². The Bertz CT molecular complexity index is 1860. The van der Waals surface area contributed by atoms with E-state index in [2.05, 4.69) is 168 Å². The van der Waals surface area contributed by atoms with Crippen molar-refractivity contribution in [2.45, 2.75) is 62.4 Å². The SMILES string of the molecule is CC(C)(C)c1ccc2c(c1)-c1cc(C(C)(C)C)ccc1[CH]2[Zr+2]([C]1=C(c2ccsc2)C=CC1)=[C](c1ccccc1)c1ccccc1.[Cl-].[Cl-]. The van der Waals surface area contributed by atoms with Crippen LogP contribution in [0.2, 0.25) is 0 Å². The molecular weight excluding hydrogens is 711 g/mol.